The molecular weight excluding hydrogens is 448 g/mol. The van der Waals surface area contributed by atoms with E-state index in [9.17, 15) is 4.79 Å². The maximum atomic E-state index is 12.5. The topological polar surface area (TPSA) is 64.4 Å². The highest BCUT2D eigenvalue weighted by Crippen LogP contribution is 2.34. The number of carbonyl (C=O) groups is 1. The zero-order valence-corrected chi connectivity index (χ0v) is 19.9. The molecule has 1 N–H and O–H groups in total. The van der Waals surface area contributed by atoms with Gasteiger partial charge in [-0.15, -0.1) is 0 Å². The average molecular weight is 475 g/mol. The predicted molar refractivity (Wildman–Crippen MR) is 136 cm³/mol. The van der Waals surface area contributed by atoms with Crippen molar-refractivity contribution in [3.05, 3.63) is 76.8 Å². The molecule has 0 aliphatic heterocycles. The summed E-state index contributed by atoms with van der Waals surface area (Å²) in [6.07, 6.45) is 6.48. The van der Waals surface area contributed by atoms with Gasteiger partial charge in [0.1, 0.15) is 11.3 Å². The number of benzene rings is 3. The number of fused-ring (bicyclic) bond motifs is 1. The van der Waals surface area contributed by atoms with Crippen molar-refractivity contribution in [3.8, 4) is 17.2 Å². The van der Waals surface area contributed by atoms with Crippen LogP contribution in [0.25, 0.3) is 22.6 Å². The van der Waals surface area contributed by atoms with E-state index in [-0.39, 0.29) is 12.5 Å². The summed E-state index contributed by atoms with van der Waals surface area (Å²) in [4.78, 5) is 17.0. The third-order valence-electron chi connectivity index (χ3n) is 6.35. The first kappa shape index (κ1) is 22.5. The fraction of sp³-hybridized carbons (Fsp3) is 0.286. The Bertz CT molecular complexity index is 1310. The molecule has 3 aromatic carbocycles. The summed E-state index contributed by atoms with van der Waals surface area (Å²) in [6, 6.07) is 19.2. The van der Waals surface area contributed by atoms with Gasteiger partial charge in [0.15, 0.2) is 12.2 Å². The average Bonchev–Trinajstić information content (AvgIpc) is 3.28. The van der Waals surface area contributed by atoms with Gasteiger partial charge in [0.05, 0.1) is 10.6 Å². The molecule has 1 saturated carbocycles. The third-order valence-corrected chi connectivity index (χ3v) is 6.68. The lowest BCUT2D eigenvalue weighted by Gasteiger charge is -2.22. The van der Waals surface area contributed by atoms with Gasteiger partial charge in [-0.3, -0.25) is 4.79 Å². The zero-order valence-electron chi connectivity index (χ0n) is 19.1. The molecule has 0 bridgehead atoms. The van der Waals surface area contributed by atoms with Gasteiger partial charge >= 0.3 is 0 Å². The van der Waals surface area contributed by atoms with Crippen LogP contribution in [0.2, 0.25) is 5.02 Å². The SMILES string of the molecule is Cc1ccc2nc(-c3cc(NC(=O)COc4ccc(C5CCCCC5)cc4)ccc3Cl)oc2c1. The lowest BCUT2D eigenvalue weighted by Crippen LogP contribution is -2.20. The highest BCUT2D eigenvalue weighted by molar-refractivity contribution is 6.33. The number of ether oxygens (including phenoxy) is 1. The Morgan fingerprint density at radius 3 is 2.65 bits per heavy atom. The number of rotatable bonds is 6. The van der Waals surface area contributed by atoms with Gasteiger partial charge in [-0.05, 0) is 79.3 Å². The van der Waals surface area contributed by atoms with Crippen LogP contribution in [0.15, 0.2) is 65.1 Å². The zero-order chi connectivity index (χ0) is 23.5. The Hall–Kier alpha value is -3.31. The lowest BCUT2D eigenvalue weighted by atomic mass is 9.84. The summed E-state index contributed by atoms with van der Waals surface area (Å²) in [5, 5.41) is 3.36. The minimum atomic E-state index is -0.252. The molecule has 1 fully saturated rings. The van der Waals surface area contributed by atoms with Gasteiger partial charge in [-0.1, -0.05) is 49.1 Å². The number of amides is 1. The van der Waals surface area contributed by atoms with Crippen LogP contribution in [0.5, 0.6) is 5.75 Å². The van der Waals surface area contributed by atoms with E-state index in [1.165, 1.54) is 37.7 Å². The normalized spacial score (nSPS) is 14.3. The van der Waals surface area contributed by atoms with Crippen molar-refractivity contribution in [2.45, 2.75) is 44.9 Å². The number of nitrogens with zero attached hydrogens (tertiary/aromatic N) is 1. The lowest BCUT2D eigenvalue weighted by molar-refractivity contribution is -0.118. The van der Waals surface area contributed by atoms with E-state index in [1.807, 2.05) is 37.3 Å². The van der Waals surface area contributed by atoms with Crippen molar-refractivity contribution in [1.29, 1.82) is 0 Å². The predicted octanol–water partition coefficient (Wildman–Crippen LogP) is 7.52. The van der Waals surface area contributed by atoms with E-state index < -0.39 is 0 Å². The molecule has 0 radical (unpaired) electrons. The van der Waals surface area contributed by atoms with Gasteiger partial charge in [0.2, 0.25) is 5.89 Å². The highest BCUT2D eigenvalue weighted by Gasteiger charge is 2.16. The third kappa shape index (κ3) is 5.10. The molecule has 1 aliphatic rings. The van der Waals surface area contributed by atoms with Gasteiger partial charge in [0.25, 0.3) is 5.91 Å². The number of aromatic nitrogens is 1. The monoisotopic (exact) mass is 474 g/mol. The van der Waals surface area contributed by atoms with Crippen molar-refractivity contribution < 1.29 is 13.9 Å². The number of aryl methyl sites for hydroxylation is 1. The Morgan fingerprint density at radius 2 is 1.85 bits per heavy atom. The fourth-order valence-corrected chi connectivity index (χ4v) is 4.73. The number of hydrogen-bond acceptors (Lipinski definition) is 4. The van der Waals surface area contributed by atoms with E-state index in [1.54, 1.807) is 18.2 Å². The summed E-state index contributed by atoms with van der Waals surface area (Å²) in [5.41, 5.74) is 5.12. The summed E-state index contributed by atoms with van der Waals surface area (Å²) in [7, 11) is 0. The first-order valence-electron chi connectivity index (χ1n) is 11.7. The maximum Gasteiger partial charge on any atom is 0.262 e. The molecule has 0 unspecified atom stereocenters. The van der Waals surface area contributed by atoms with Crippen molar-refractivity contribution in [2.24, 2.45) is 0 Å². The number of carbonyl (C=O) groups excluding carboxylic acids is 1. The largest absolute Gasteiger partial charge is 0.484 e. The molecule has 1 amide bonds. The van der Waals surface area contributed by atoms with E-state index in [4.69, 9.17) is 20.8 Å². The molecule has 5 rings (SSSR count). The smallest absolute Gasteiger partial charge is 0.262 e. The Morgan fingerprint density at radius 1 is 1.06 bits per heavy atom. The number of hydrogen-bond donors (Lipinski definition) is 1. The number of nitrogens with one attached hydrogen (secondary N) is 1. The Kier molecular flexibility index (Phi) is 6.54. The Labute approximate surface area is 204 Å². The molecular formula is C28H27ClN2O3. The van der Waals surface area contributed by atoms with Crippen LogP contribution in [0.1, 0.15) is 49.1 Å². The van der Waals surface area contributed by atoms with Gasteiger partial charge < -0.3 is 14.5 Å². The van der Waals surface area contributed by atoms with E-state index in [0.717, 1.165) is 11.1 Å². The molecule has 1 aliphatic carbocycles. The number of oxazole rings is 1. The standard InChI is InChI=1S/C28H27ClN2O3/c1-18-7-14-25-26(15-18)34-28(31-25)23-16-21(10-13-24(23)29)30-27(32)17-33-22-11-8-20(9-12-22)19-5-3-2-4-6-19/h7-16,19H,2-6,17H2,1H3,(H,30,32). The minimum absolute atomic E-state index is 0.0805. The van der Waals surface area contributed by atoms with Crippen molar-refractivity contribution in [2.75, 3.05) is 11.9 Å². The molecule has 4 aromatic rings. The molecule has 1 aromatic heterocycles. The van der Waals surface area contributed by atoms with E-state index >= 15 is 0 Å². The molecule has 0 atom stereocenters. The summed E-state index contributed by atoms with van der Waals surface area (Å²) in [6.45, 7) is 1.92. The Balaban J connectivity index is 1.22. The molecule has 0 saturated heterocycles. The minimum Gasteiger partial charge on any atom is -0.484 e. The van der Waals surface area contributed by atoms with Crippen LogP contribution in [0.4, 0.5) is 5.69 Å². The van der Waals surface area contributed by atoms with E-state index in [2.05, 4.69) is 22.4 Å². The van der Waals surface area contributed by atoms with Gasteiger partial charge in [0, 0.05) is 5.69 Å². The fourth-order valence-electron chi connectivity index (χ4n) is 4.53. The first-order valence-corrected chi connectivity index (χ1v) is 12.1. The van der Waals surface area contributed by atoms with Crippen molar-refractivity contribution >= 4 is 34.3 Å². The van der Waals surface area contributed by atoms with Crippen LogP contribution >= 0.6 is 11.6 Å². The van der Waals surface area contributed by atoms with E-state index in [0.29, 0.717) is 39.4 Å². The molecule has 0 spiro atoms. The summed E-state index contributed by atoms with van der Waals surface area (Å²) in [5.74, 6) is 1.50. The van der Waals surface area contributed by atoms with Gasteiger partial charge in [-0.2, -0.15) is 0 Å². The first-order chi connectivity index (χ1) is 16.5. The second-order valence-corrected chi connectivity index (χ2v) is 9.33. The molecule has 1 heterocycles. The summed E-state index contributed by atoms with van der Waals surface area (Å²) < 4.78 is 11.6. The maximum absolute atomic E-state index is 12.5. The quantitative estimate of drug-likeness (QED) is 0.314. The highest BCUT2D eigenvalue weighted by atomic mass is 35.5. The molecule has 34 heavy (non-hydrogen) atoms. The second kappa shape index (κ2) is 9.90. The van der Waals surface area contributed by atoms with Crippen LogP contribution in [0.3, 0.4) is 0 Å². The van der Waals surface area contributed by atoms with Crippen molar-refractivity contribution in [1.82, 2.24) is 4.98 Å². The van der Waals surface area contributed by atoms with Crippen LogP contribution < -0.4 is 10.1 Å². The number of halogens is 1. The molecule has 6 heteroatoms. The van der Waals surface area contributed by atoms with Crippen LogP contribution in [0, 0.1) is 6.92 Å². The number of anilines is 1. The van der Waals surface area contributed by atoms with Gasteiger partial charge in [-0.25, -0.2) is 4.98 Å². The summed E-state index contributed by atoms with van der Waals surface area (Å²) >= 11 is 6.40. The van der Waals surface area contributed by atoms with Crippen molar-refractivity contribution in [3.63, 3.8) is 0 Å². The molecule has 5 nitrogen and oxygen atoms in total. The molecule has 174 valence electrons. The van der Waals surface area contributed by atoms with Crippen LogP contribution in [-0.4, -0.2) is 17.5 Å². The second-order valence-electron chi connectivity index (χ2n) is 8.93. The van der Waals surface area contributed by atoms with Crippen LogP contribution in [-0.2, 0) is 4.79 Å².